The number of benzene rings is 2. The Morgan fingerprint density at radius 1 is 1.10 bits per heavy atom. The smallest absolute Gasteiger partial charge is 0.229 e. The molecule has 0 spiro atoms. The summed E-state index contributed by atoms with van der Waals surface area (Å²) in [7, 11) is -2.01. The number of nitrogens with zero attached hydrogens (tertiary/aromatic N) is 2. The van der Waals surface area contributed by atoms with Crippen LogP contribution in [0.5, 0.6) is 11.5 Å². The van der Waals surface area contributed by atoms with Gasteiger partial charge in [-0.25, -0.2) is 8.42 Å². The zero-order chi connectivity index (χ0) is 27.6. The van der Waals surface area contributed by atoms with Crippen LogP contribution >= 0.6 is 12.2 Å². The van der Waals surface area contributed by atoms with Gasteiger partial charge in [-0.1, -0.05) is 6.07 Å². The van der Waals surface area contributed by atoms with Crippen molar-refractivity contribution in [3.05, 3.63) is 90.4 Å². The second-order valence-electron chi connectivity index (χ2n) is 8.91. The van der Waals surface area contributed by atoms with Gasteiger partial charge in [0, 0.05) is 23.5 Å². The van der Waals surface area contributed by atoms with E-state index in [-0.39, 0.29) is 12.1 Å². The lowest BCUT2D eigenvalue weighted by Gasteiger charge is -2.27. The molecule has 1 saturated heterocycles. The summed E-state index contributed by atoms with van der Waals surface area (Å²) in [5, 5.41) is 3.87. The lowest BCUT2D eigenvalue weighted by Crippen LogP contribution is -2.29. The van der Waals surface area contributed by atoms with Gasteiger partial charge in [-0.15, -0.1) is 0 Å². The summed E-state index contributed by atoms with van der Waals surface area (Å²) in [6, 6.07) is 21.8. The van der Waals surface area contributed by atoms with Crippen LogP contribution in [0.3, 0.4) is 0 Å². The Bertz CT molecular complexity index is 1570. The molecule has 2 atom stereocenters. The van der Waals surface area contributed by atoms with E-state index >= 15 is 0 Å². The summed E-state index contributed by atoms with van der Waals surface area (Å²) in [4.78, 5) is 6.51. The van der Waals surface area contributed by atoms with Crippen LogP contribution in [-0.2, 0) is 10.0 Å². The monoisotopic (exact) mass is 564 g/mol. The molecule has 1 aliphatic heterocycles. The van der Waals surface area contributed by atoms with Gasteiger partial charge >= 0.3 is 0 Å². The van der Waals surface area contributed by atoms with Gasteiger partial charge in [0.25, 0.3) is 0 Å². The second kappa shape index (κ2) is 11.0. The zero-order valence-corrected chi connectivity index (χ0v) is 23.3. The summed E-state index contributed by atoms with van der Waals surface area (Å²) in [6.45, 7) is 2.54. The fourth-order valence-corrected chi connectivity index (χ4v) is 5.50. The Kier molecular flexibility index (Phi) is 7.45. The number of methoxy groups -OCH3 is 1. The predicted octanol–water partition coefficient (Wildman–Crippen LogP) is 5.30. The molecule has 0 amide bonds. The summed E-state index contributed by atoms with van der Waals surface area (Å²) in [5.74, 6) is 2.54. The number of thiocarbonyl (C=S) groups is 1. The summed E-state index contributed by atoms with van der Waals surface area (Å²) in [6.07, 6.45) is 2.83. The molecule has 0 unspecified atom stereocenters. The molecule has 0 saturated carbocycles. The van der Waals surface area contributed by atoms with Gasteiger partial charge in [0.1, 0.15) is 29.1 Å². The summed E-state index contributed by atoms with van der Waals surface area (Å²) < 4.78 is 43.6. The number of pyridine rings is 1. The van der Waals surface area contributed by atoms with E-state index in [4.69, 9.17) is 26.1 Å². The van der Waals surface area contributed by atoms with Crippen molar-refractivity contribution in [2.75, 3.05) is 29.6 Å². The van der Waals surface area contributed by atoms with E-state index < -0.39 is 10.0 Å². The van der Waals surface area contributed by atoms with Crippen LogP contribution in [0.15, 0.2) is 83.4 Å². The predicted molar refractivity (Wildman–Crippen MR) is 155 cm³/mol. The quantitative estimate of drug-likeness (QED) is 0.262. The van der Waals surface area contributed by atoms with Crippen LogP contribution in [0.4, 0.5) is 11.4 Å². The lowest BCUT2D eigenvalue weighted by atomic mass is 10.0. The Balaban J connectivity index is 1.55. The first-order valence-corrected chi connectivity index (χ1v) is 14.6. The van der Waals surface area contributed by atoms with Crippen LogP contribution in [0, 0.1) is 0 Å². The van der Waals surface area contributed by atoms with Crippen molar-refractivity contribution in [2.24, 2.45) is 0 Å². The van der Waals surface area contributed by atoms with Crippen molar-refractivity contribution in [3.63, 3.8) is 0 Å². The van der Waals surface area contributed by atoms with Crippen molar-refractivity contribution in [1.82, 2.24) is 10.3 Å². The minimum absolute atomic E-state index is 0.308. The number of rotatable bonds is 9. The number of sulfonamides is 1. The maximum atomic E-state index is 11.8. The van der Waals surface area contributed by atoms with E-state index in [1.807, 2.05) is 66.4 Å². The van der Waals surface area contributed by atoms with Crippen molar-refractivity contribution in [1.29, 1.82) is 0 Å². The largest absolute Gasteiger partial charge is 0.494 e. The third kappa shape index (κ3) is 5.69. The Hall–Kier alpha value is -4.09. The molecule has 5 rings (SSSR count). The molecule has 39 heavy (non-hydrogen) atoms. The molecule has 1 fully saturated rings. The van der Waals surface area contributed by atoms with Crippen LogP contribution < -0.4 is 24.4 Å². The van der Waals surface area contributed by atoms with Crippen LogP contribution in [0.1, 0.15) is 30.5 Å². The highest BCUT2D eigenvalue weighted by molar-refractivity contribution is 7.92. The normalized spacial score (nSPS) is 17.1. The highest BCUT2D eigenvalue weighted by atomic mass is 32.2. The average Bonchev–Trinajstić information content (AvgIpc) is 3.54. The Morgan fingerprint density at radius 2 is 1.90 bits per heavy atom. The first-order valence-electron chi connectivity index (χ1n) is 12.3. The molecule has 9 nitrogen and oxygen atoms in total. The molecule has 2 aromatic carbocycles. The van der Waals surface area contributed by atoms with Gasteiger partial charge in [0.2, 0.25) is 10.0 Å². The SMILES string of the molecule is CCOc1ccc(-c2ccc([C@@H]3[C@H](c4ccccn4)NC(=S)N3c3ccc(NS(C)(=O)=O)c(OC)c3)o2)cc1. The van der Waals surface area contributed by atoms with Crippen molar-refractivity contribution in [2.45, 2.75) is 19.0 Å². The number of furan rings is 1. The molecule has 2 aromatic heterocycles. The molecule has 202 valence electrons. The third-order valence-corrected chi connectivity index (χ3v) is 7.13. The minimum atomic E-state index is -3.49. The molecule has 11 heteroatoms. The van der Waals surface area contributed by atoms with Gasteiger partial charge in [0.15, 0.2) is 5.11 Å². The molecule has 0 aliphatic carbocycles. The van der Waals surface area contributed by atoms with E-state index in [0.717, 1.165) is 23.3 Å². The van der Waals surface area contributed by atoms with Gasteiger partial charge in [0.05, 0.1) is 37.4 Å². The summed E-state index contributed by atoms with van der Waals surface area (Å²) >= 11 is 5.80. The van der Waals surface area contributed by atoms with E-state index in [1.54, 1.807) is 24.4 Å². The third-order valence-electron chi connectivity index (χ3n) is 6.22. The first-order chi connectivity index (χ1) is 18.8. The maximum Gasteiger partial charge on any atom is 0.229 e. The van der Waals surface area contributed by atoms with E-state index in [1.165, 1.54) is 7.11 Å². The molecule has 3 heterocycles. The van der Waals surface area contributed by atoms with Gasteiger partial charge in [-0.05, 0) is 79.8 Å². The number of anilines is 2. The molecular weight excluding hydrogens is 536 g/mol. The fourth-order valence-electron chi connectivity index (χ4n) is 4.58. The topological polar surface area (TPSA) is 106 Å². The molecule has 4 aromatic rings. The molecule has 0 radical (unpaired) electrons. The van der Waals surface area contributed by atoms with Gasteiger partial charge < -0.3 is 24.1 Å². The number of ether oxygens (including phenoxy) is 2. The Morgan fingerprint density at radius 3 is 2.56 bits per heavy atom. The van der Waals surface area contributed by atoms with Gasteiger partial charge in [-0.3, -0.25) is 9.71 Å². The number of nitrogens with one attached hydrogen (secondary N) is 2. The van der Waals surface area contributed by atoms with E-state index in [0.29, 0.717) is 40.4 Å². The zero-order valence-electron chi connectivity index (χ0n) is 21.6. The van der Waals surface area contributed by atoms with Crippen LogP contribution in [0.2, 0.25) is 0 Å². The van der Waals surface area contributed by atoms with E-state index in [2.05, 4.69) is 15.0 Å². The number of hydrogen-bond acceptors (Lipinski definition) is 7. The highest BCUT2D eigenvalue weighted by Crippen LogP contribution is 2.44. The number of aromatic nitrogens is 1. The van der Waals surface area contributed by atoms with Crippen molar-refractivity contribution < 1.29 is 22.3 Å². The van der Waals surface area contributed by atoms with Gasteiger partial charge in [-0.2, -0.15) is 0 Å². The van der Waals surface area contributed by atoms with Crippen LogP contribution in [0.25, 0.3) is 11.3 Å². The standard InChI is InChI=1S/C28H28N4O5S2/c1-4-36-20-11-8-18(9-12-20)23-14-15-24(37-23)27-26(22-7-5-6-16-29-22)30-28(38)32(27)19-10-13-21(25(17-19)35-2)31-39(3,33)34/h5-17,26-27,31H,4H2,1-3H3,(H,30,38)/t26-,27+/m0/s1. The lowest BCUT2D eigenvalue weighted by molar-refractivity contribution is 0.340. The molecule has 2 N–H and O–H groups in total. The fraction of sp³-hybridized carbons (Fsp3) is 0.214. The first kappa shape index (κ1) is 26.5. The highest BCUT2D eigenvalue weighted by Gasteiger charge is 2.42. The number of hydrogen-bond donors (Lipinski definition) is 2. The molecule has 1 aliphatic rings. The second-order valence-corrected chi connectivity index (χ2v) is 11.0. The van der Waals surface area contributed by atoms with E-state index in [9.17, 15) is 8.42 Å². The molecular formula is C28H28N4O5S2. The van der Waals surface area contributed by atoms with Crippen LogP contribution in [-0.4, -0.2) is 38.5 Å². The van der Waals surface area contributed by atoms with Crippen molar-refractivity contribution >= 4 is 38.7 Å². The molecule has 0 bridgehead atoms. The average molecular weight is 565 g/mol. The van der Waals surface area contributed by atoms with Crippen molar-refractivity contribution in [3.8, 4) is 22.8 Å². The summed E-state index contributed by atoms with van der Waals surface area (Å²) in [5.41, 5.74) is 2.74. The Labute approximate surface area is 232 Å². The minimum Gasteiger partial charge on any atom is -0.494 e. The maximum absolute atomic E-state index is 11.8.